The number of hydrogen-bond acceptors (Lipinski definition) is 4. The lowest BCUT2D eigenvalue weighted by atomic mass is 10.2. The number of hydrogen-bond donors (Lipinski definition) is 2. The third-order valence-corrected chi connectivity index (χ3v) is 3.87. The lowest BCUT2D eigenvalue weighted by Crippen LogP contribution is -2.34. The van der Waals surface area contributed by atoms with Crippen LogP contribution in [0.2, 0.25) is 0 Å². The molecule has 0 saturated heterocycles. The molecule has 2 rings (SSSR count). The molecule has 0 aliphatic rings. The van der Waals surface area contributed by atoms with Gasteiger partial charge in [0.25, 0.3) is 5.91 Å². The first-order valence-electron chi connectivity index (χ1n) is 8.64. The maximum absolute atomic E-state index is 12.4. The number of thiocarbonyl (C=S) groups is 1. The topological polar surface area (TPSA) is 59.6 Å². The number of para-hydroxylation sites is 2. The number of nitrogens with one attached hydrogen (secondary N) is 2. The largest absolute Gasteiger partial charge is 0.492 e. The van der Waals surface area contributed by atoms with Crippen LogP contribution >= 0.6 is 12.2 Å². The minimum absolute atomic E-state index is 0.0890. The van der Waals surface area contributed by atoms with Crippen LogP contribution in [0.5, 0.6) is 11.5 Å². The number of amides is 1. The van der Waals surface area contributed by atoms with Crippen LogP contribution < -0.4 is 20.1 Å². The van der Waals surface area contributed by atoms with Crippen molar-refractivity contribution in [2.24, 2.45) is 0 Å². The van der Waals surface area contributed by atoms with Crippen LogP contribution in [-0.2, 0) is 0 Å². The summed E-state index contributed by atoms with van der Waals surface area (Å²) in [4.78, 5) is 12.4. The van der Waals surface area contributed by atoms with E-state index in [0.717, 1.165) is 6.42 Å². The molecule has 2 aromatic rings. The molecule has 0 aromatic heterocycles. The highest BCUT2D eigenvalue weighted by Crippen LogP contribution is 2.23. The van der Waals surface area contributed by atoms with Crippen molar-refractivity contribution in [1.29, 1.82) is 0 Å². The lowest BCUT2D eigenvalue weighted by molar-refractivity contribution is 0.0977. The first kappa shape index (κ1) is 19.7. The van der Waals surface area contributed by atoms with Crippen LogP contribution in [0.3, 0.4) is 0 Å². The number of carbonyl (C=O) groups is 1. The number of rotatable bonds is 7. The SMILES string of the molecule is CCOc1ccccc1NC(=S)NC(=O)c1cccc(OC(C)CC)c1. The minimum Gasteiger partial charge on any atom is -0.492 e. The van der Waals surface area contributed by atoms with E-state index in [0.29, 0.717) is 29.4 Å². The standard InChI is InChI=1S/C20H24N2O3S/c1-4-14(3)25-16-10-8-9-15(13-16)19(23)22-20(26)21-17-11-6-7-12-18(17)24-5-2/h6-14H,4-5H2,1-3H3,(H2,21,22,23,26). The molecule has 0 heterocycles. The van der Waals surface area contributed by atoms with Crippen LogP contribution in [-0.4, -0.2) is 23.7 Å². The van der Waals surface area contributed by atoms with Crippen LogP contribution in [0.25, 0.3) is 0 Å². The molecule has 0 fully saturated rings. The Morgan fingerprint density at radius 2 is 1.92 bits per heavy atom. The van der Waals surface area contributed by atoms with Crippen molar-refractivity contribution in [2.75, 3.05) is 11.9 Å². The van der Waals surface area contributed by atoms with Crippen molar-refractivity contribution in [3.8, 4) is 11.5 Å². The first-order valence-corrected chi connectivity index (χ1v) is 9.05. The molecule has 0 bridgehead atoms. The maximum Gasteiger partial charge on any atom is 0.257 e. The van der Waals surface area contributed by atoms with Gasteiger partial charge in [0.15, 0.2) is 5.11 Å². The van der Waals surface area contributed by atoms with E-state index in [4.69, 9.17) is 21.7 Å². The van der Waals surface area contributed by atoms with Gasteiger partial charge in [-0.05, 0) is 62.8 Å². The Labute approximate surface area is 159 Å². The predicted octanol–water partition coefficient (Wildman–Crippen LogP) is 4.39. The zero-order valence-electron chi connectivity index (χ0n) is 15.2. The van der Waals surface area contributed by atoms with Crippen LogP contribution in [0.15, 0.2) is 48.5 Å². The molecule has 2 N–H and O–H groups in total. The van der Waals surface area contributed by atoms with Gasteiger partial charge >= 0.3 is 0 Å². The van der Waals surface area contributed by atoms with Crippen LogP contribution in [0.1, 0.15) is 37.6 Å². The fourth-order valence-electron chi connectivity index (χ4n) is 2.21. The maximum atomic E-state index is 12.4. The molecule has 0 saturated carbocycles. The monoisotopic (exact) mass is 372 g/mol. The molecule has 0 aliphatic heterocycles. The third-order valence-electron chi connectivity index (χ3n) is 3.67. The normalized spacial score (nSPS) is 11.3. The predicted molar refractivity (Wildman–Crippen MR) is 108 cm³/mol. The van der Waals surface area contributed by atoms with Crippen molar-refractivity contribution in [1.82, 2.24) is 5.32 Å². The minimum atomic E-state index is -0.300. The van der Waals surface area contributed by atoms with E-state index in [1.54, 1.807) is 18.2 Å². The van der Waals surface area contributed by atoms with Crippen molar-refractivity contribution < 1.29 is 14.3 Å². The molecule has 0 spiro atoms. The molecular formula is C20H24N2O3S. The molecular weight excluding hydrogens is 348 g/mol. The molecule has 2 aromatic carbocycles. The molecule has 1 unspecified atom stereocenters. The Morgan fingerprint density at radius 1 is 1.15 bits per heavy atom. The van der Waals surface area contributed by atoms with E-state index in [1.165, 1.54) is 0 Å². The smallest absolute Gasteiger partial charge is 0.257 e. The van der Waals surface area contributed by atoms with E-state index in [9.17, 15) is 4.79 Å². The fourth-order valence-corrected chi connectivity index (χ4v) is 2.41. The molecule has 1 atom stereocenters. The molecule has 1 amide bonds. The fraction of sp³-hybridized carbons (Fsp3) is 0.300. The highest BCUT2D eigenvalue weighted by atomic mass is 32.1. The van der Waals surface area contributed by atoms with E-state index in [-0.39, 0.29) is 17.1 Å². The molecule has 0 aliphatic carbocycles. The Kier molecular flexibility index (Phi) is 7.41. The van der Waals surface area contributed by atoms with Gasteiger partial charge in [-0.3, -0.25) is 10.1 Å². The van der Waals surface area contributed by atoms with E-state index in [1.807, 2.05) is 51.1 Å². The van der Waals surface area contributed by atoms with Gasteiger partial charge in [0.2, 0.25) is 0 Å². The Balaban J connectivity index is 2.01. The molecule has 0 radical (unpaired) electrons. The quantitative estimate of drug-likeness (QED) is 0.706. The van der Waals surface area contributed by atoms with Crippen molar-refractivity contribution >= 4 is 28.9 Å². The molecule has 138 valence electrons. The third kappa shape index (κ3) is 5.74. The van der Waals surface area contributed by atoms with Crippen LogP contribution in [0, 0.1) is 0 Å². The van der Waals surface area contributed by atoms with Gasteiger partial charge in [-0.1, -0.05) is 25.1 Å². The van der Waals surface area contributed by atoms with E-state index in [2.05, 4.69) is 10.6 Å². The summed E-state index contributed by atoms with van der Waals surface area (Å²) in [5, 5.41) is 5.88. The average molecular weight is 372 g/mol. The molecule has 6 heteroatoms. The summed E-state index contributed by atoms with van der Waals surface area (Å²) >= 11 is 5.25. The summed E-state index contributed by atoms with van der Waals surface area (Å²) in [5.41, 5.74) is 1.18. The second-order valence-electron chi connectivity index (χ2n) is 5.70. The Morgan fingerprint density at radius 3 is 2.65 bits per heavy atom. The summed E-state index contributed by atoms with van der Waals surface area (Å²) in [5.74, 6) is 1.04. The highest BCUT2D eigenvalue weighted by molar-refractivity contribution is 7.80. The summed E-state index contributed by atoms with van der Waals surface area (Å²) in [6, 6.07) is 14.5. The van der Waals surface area contributed by atoms with Gasteiger partial charge < -0.3 is 14.8 Å². The number of benzene rings is 2. The van der Waals surface area contributed by atoms with Gasteiger partial charge in [0.1, 0.15) is 11.5 Å². The molecule has 5 nitrogen and oxygen atoms in total. The molecule has 26 heavy (non-hydrogen) atoms. The summed E-state index contributed by atoms with van der Waals surface area (Å²) in [7, 11) is 0. The van der Waals surface area contributed by atoms with Gasteiger partial charge in [-0.25, -0.2) is 0 Å². The second-order valence-corrected chi connectivity index (χ2v) is 6.11. The summed E-state index contributed by atoms with van der Waals surface area (Å²) < 4.78 is 11.3. The lowest BCUT2D eigenvalue weighted by Gasteiger charge is -2.15. The van der Waals surface area contributed by atoms with Crippen molar-refractivity contribution in [2.45, 2.75) is 33.3 Å². The Bertz CT molecular complexity index is 764. The second kappa shape index (κ2) is 9.77. The van der Waals surface area contributed by atoms with Crippen molar-refractivity contribution in [3.63, 3.8) is 0 Å². The highest BCUT2D eigenvalue weighted by Gasteiger charge is 2.11. The van der Waals surface area contributed by atoms with Crippen molar-refractivity contribution in [3.05, 3.63) is 54.1 Å². The zero-order valence-corrected chi connectivity index (χ0v) is 16.1. The average Bonchev–Trinajstić information content (AvgIpc) is 2.63. The summed E-state index contributed by atoms with van der Waals surface area (Å²) in [6.45, 7) is 6.49. The van der Waals surface area contributed by atoms with E-state index < -0.39 is 0 Å². The number of carbonyl (C=O) groups excluding carboxylic acids is 1. The van der Waals surface area contributed by atoms with Gasteiger partial charge in [-0.15, -0.1) is 0 Å². The number of ether oxygens (including phenoxy) is 2. The number of anilines is 1. The van der Waals surface area contributed by atoms with Crippen LogP contribution in [0.4, 0.5) is 5.69 Å². The zero-order chi connectivity index (χ0) is 18.9. The van der Waals surface area contributed by atoms with E-state index >= 15 is 0 Å². The first-order chi connectivity index (χ1) is 12.5. The van der Waals surface area contributed by atoms with Gasteiger partial charge in [0.05, 0.1) is 18.4 Å². The summed E-state index contributed by atoms with van der Waals surface area (Å²) in [6.07, 6.45) is 0.982. The van der Waals surface area contributed by atoms with Gasteiger partial charge in [-0.2, -0.15) is 0 Å². The Hall–Kier alpha value is -2.60. The van der Waals surface area contributed by atoms with Gasteiger partial charge in [0, 0.05) is 5.56 Å².